The van der Waals surface area contributed by atoms with E-state index in [9.17, 15) is 4.79 Å². The van der Waals surface area contributed by atoms with E-state index < -0.39 is 0 Å². The molecule has 1 aromatic heterocycles. The lowest BCUT2D eigenvalue weighted by atomic mass is 9.99. The van der Waals surface area contributed by atoms with Gasteiger partial charge in [0.2, 0.25) is 5.56 Å². The van der Waals surface area contributed by atoms with Gasteiger partial charge in [-0.1, -0.05) is 19.4 Å². The smallest absolute Gasteiger partial charge is 0.250 e. The number of hydrogen-bond donors (Lipinski definition) is 1. The molecular weight excluding hydrogens is 212 g/mol. The summed E-state index contributed by atoms with van der Waals surface area (Å²) < 4.78 is 1.82. The van der Waals surface area contributed by atoms with Gasteiger partial charge in [-0.15, -0.1) is 0 Å². The second kappa shape index (κ2) is 6.01. The predicted octanol–water partition coefficient (Wildman–Crippen LogP) is 2.02. The van der Waals surface area contributed by atoms with Crippen molar-refractivity contribution >= 4 is 0 Å². The van der Waals surface area contributed by atoms with Gasteiger partial charge in [0.25, 0.3) is 0 Å². The van der Waals surface area contributed by atoms with E-state index >= 15 is 0 Å². The van der Waals surface area contributed by atoms with Crippen molar-refractivity contribution in [1.82, 2.24) is 9.88 Å². The maximum atomic E-state index is 11.6. The van der Waals surface area contributed by atoms with Gasteiger partial charge in [0.05, 0.1) is 0 Å². The maximum absolute atomic E-state index is 11.6. The van der Waals surface area contributed by atoms with Crippen molar-refractivity contribution < 1.29 is 0 Å². The van der Waals surface area contributed by atoms with Gasteiger partial charge < -0.3 is 9.88 Å². The minimum absolute atomic E-state index is 0.116. The fourth-order valence-electron chi connectivity index (χ4n) is 2.86. The van der Waals surface area contributed by atoms with Gasteiger partial charge in [-0.25, -0.2) is 0 Å². The summed E-state index contributed by atoms with van der Waals surface area (Å²) in [5.74, 6) is 0.738. The highest BCUT2D eigenvalue weighted by Crippen LogP contribution is 2.28. The van der Waals surface area contributed by atoms with E-state index in [2.05, 4.69) is 12.2 Å². The summed E-state index contributed by atoms with van der Waals surface area (Å²) in [5, 5.41) is 3.56. The Balaban J connectivity index is 1.89. The van der Waals surface area contributed by atoms with Gasteiger partial charge in [0, 0.05) is 24.8 Å². The number of aromatic nitrogens is 1. The van der Waals surface area contributed by atoms with Crippen molar-refractivity contribution in [2.75, 3.05) is 6.54 Å². The van der Waals surface area contributed by atoms with E-state index in [1.165, 1.54) is 19.3 Å². The molecule has 0 radical (unpaired) electrons. The fraction of sp³-hybridized carbons (Fsp3) is 0.643. The summed E-state index contributed by atoms with van der Waals surface area (Å²) in [4.78, 5) is 11.6. The van der Waals surface area contributed by atoms with Crippen LogP contribution in [0.3, 0.4) is 0 Å². The molecule has 0 bridgehead atoms. The second-order valence-electron chi connectivity index (χ2n) is 4.88. The molecule has 2 unspecified atom stereocenters. The van der Waals surface area contributed by atoms with E-state index in [1.54, 1.807) is 12.1 Å². The van der Waals surface area contributed by atoms with Crippen LogP contribution in [-0.2, 0) is 6.54 Å². The molecule has 1 aliphatic rings. The highest BCUT2D eigenvalue weighted by atomic mass is 16.1. The zero-order valence-corrected chi connectivity index (χ0v) is 10.6. The third-order valence-electron chi connectivity index (χ3n) is 3.77. The molecule has 2 atom stereocenters. The van der Waals surface area contributed by atoms with Crippen molar-refractivity contribution in [1.29, 1.82) is 0 Å². The number of hydrogen-bond acceptors (Lipinski definition) is 2. The van der Waals surface area contributed by atoms with Crippen molar-refractivity contribution in [3.63, 3.8) is 0 Å². The SMILES string of the molecule is CCNC1CCCC1CCn1ccccc1=O. The van der Waals surface area contributed by atoms with Crippen molar-refractivity contribution in [2.45, 2.75) is 45.2 Å². The highest BCUT2D eigenvalue weighted by Gasteiger charge is 2.25. The zero-order chi connectivity index (χ0) is 12.1. The monoisotopic (exact) mass is 234 g/mol. The van der Waals surface area contributed by atoms with Crippen molar-refractivity contribution in [3.8, 4) is 0 Å². The molecule has 1 N–H and O–H groups in total. The molecule has 94 valence electrons. The van der Waals surface area contributed by atoms with Crippen LogP contribution in [0.1, 0.15) is 32.6 Å². The van der Waals surface area contributed by atoms with Crippen LogP contribution >= 0.6 is 0 Å². The number of nitrogens with zero attached hydrogens (tertiary/aromatic N) is 1. The number of aryl methyl sites for hydroxylation is 1. The minimum Gasteiger partial charge on any atom is -0.316 e. The molecule has 1 aromatic rings. The van der Waals surface area contributed by atoms with Crippen LogP contribution in [0.4, 0.5) is 0 Å². The summed E-state index contributed by atoms with van der Waals surface area (Å²) in [5.41, 5.74) is 0.116. The molecular formula is C14H22N2O. The minimum atomic E-state index is 0.116. The molecule has 1 aliphatic carbocycles. The number of nitrogens with one attached hydrogen (secondary N) is 1. The van der Waals surface area contributed by atoms with Gasteiger partial charge >= 0.3 is 0 Å². The molecule has 0 saturated heterocycles. The predicted molar refractivity (Wildman–Crippen MR) is 70.1 cm³/mol. The molecule has 0 aliphatic heterocycles. The van der Waals surface area contributed by atoms with Gasteiger partial charge in [0.1, 0.15) is 0 Å². The normalized spacial score (nSPS) is 24.1. The summed E-state index contributed by atoms with van der Waals surface area (Å²) in [7, 11) is 0. The molecule has 0 spiro atoms. The van der Waals surface area contributed by atoms with Crippen LogP contribution in [0, 0.1) is 5.92 Å². The Morgan fingerprint density at radius 3 is 3.06 bits per heavy atom. The third kappa shape index (κ3) is 3.19. The zero-order valence-electron chi connectivity index (χ0n) is 10.6. The standard InChI is InChI=1S/C14H22N2O/c1-2-15-13-7-5-6-12(13)9-11-16-10-4-3-8-14(16)17/h3-4,8,10,12-13,15H,2,5-7,9,11H2,1H3. The van der Waals surface area contributed by atoms with Gasteiger partial charge in [-0.3, -0.25) is 4.79 Å². The van der Waals surface area contributed by atoms with Crippen LogP contribution < -0.4 is 10.9 Å². The Bertz CT molecular complexity index is 399. The van der Waals surface area contributed by atoms with Crippen molar-refractivity contribution in [3.05, 3.63) is 34.7 Å². The summed E-state index contributed by atoms with van der Waals surface area (Å²) in [6, 6.07) is 6.03. The first-order chi connectivity index (χ1) is 8.31. The summed E-state index contributed by atoms with van der Waals surface area (Å²) in [6.45, 7) is 4.07. The highest BCUT2D eigenvalue weighted by molar-refractivity contribution is 4.93. The largest absolute Gasteiger partial charge is 0.316 e. The Morgan fingerprint density at radius 1 is 1.41 bits per heavy atom. The molecule has 1 fully saturated rings. The Hall–Kier alpha value is -1.09. The maximum Gasteiger partial charge on any atom is 0.250 e. The first-order valence-electron chi connectivity index (χ1n) is 6.70. The first-order valence-corrected chi connectivity index (χ1v) is 6.70. The average Bonchev–Trinajstić information content (AvgIpc) is 2.76. The van der Waals surface area contributed by atoms with E-state index in [0.29, 0.717) is 6.04 Å². The molecule has 3 nitrogen and oxygen atoms in total. The lowest BCUT2D eigenvalue weighted by molar-refractivity contribution is 0.364. The second-order valence-corrected chi connectivity index (χ2v) is 4.88. The number of rotatable bonds is 5. The topological polar surface area (TPSA) is 34.0 Å². The molecule has 0 aromatic carbocycles. The van der Waals surface area contributed by atoms with E-state index in [-0.39, 0.29) is 5.56 Å². The first kappa shape index (κ1) is 12.4. The van der Waals surface area contributed by atoms with E-state index in [4.69, 9.17) is 0 Å². The van der Waals surface area contributed by atoms with Gasteiger partial charge in [0.15, 0.2) is 0 Å². The van der Waals surface area contributed by atoms with Gasteiger partial charge in [-0.05, 0) is 37.8 Å². The quantitative estimate of drug-likeness (QED) is 0.845. The lowest BCUT2D eigenvalue weighted by Crippen LogP contribution is -2.33. The molecule has 3 heteroatoms. The van der Waals surface area contributed by atoms with E-state index in [1.807, 2.05) is 16.8 Å². The Labute approximate surface area is 103 Å². The summed E-state index contributed by atoms with van der Waals surface area (Å²) in [6.07, 6.45) is 6.93. The van der Waals surface area contributed by atoms with Crippen LogP contribution in [0.15, 0.2) is 29.2 Å². The van der Waals surface area contributed by atoms with Gasteiger partial charge in [-0.2, -0.15) is 0 Å². The van der Waals surface area contributed by atoms with Crippen LogP contribution in [0.5, 0.6) is 0 Å². The molecule has 17 heavy (non-hydrogen) atoms. The van der Waals surface area contributed by atoms with Crippen molar-refractivity contribution in [2.24, 2.45) is 5.92 Å². The molecule has 0 amide bonds. The Kier molecular flexibility index (Phi) is 4.37. The average molecular weight is 234 g/mol. The third-order valence-corrected chi connectivity index (χ3v) is 3.77. The number of pyridine rings is 1. The Morgan fingerprint density at radius 2 is 2.29 bits per heavy atom. The lowest BCUT2D eigenvalue weighted by Gasteiger charge is -2.20. The molecule has 1 saturated carbocycles. The molecule has 1 heterocycles. The summed E-state index contributed by atoms with van der Waals surface area (Å²) >= 11 is 0. The van der Waals surface area contributed by atoms with Crippen LogP contribution in [0.2, 0.25) is 0 Å². The van der Waals surface area contributed by atoms with Crippen LogP contribution in [0.25, 0.3) is 0 Å². The molecule has 2 rings (SSSR count). The van der Waals surface area contributed by atoms with E-state index in [0.717, 1.165) is 25.4 Å². The van der Waals surface area contributed by atoms with Crippen LogP contribution in [-0.4, -0.2) is 17.2 Å². The fourth-order valence-corrected chi connectivity index (χ4v) is 2.86.